The highest BCUT2D eigenvalue weighted by molar-refractivity contribution is 5.76. The van der Waals surface area contributed by atoms with Crippen LogP contribution >= 0.6 is 0 Å². The van der Waals surface area contributed by atoms with Gasteiger partial charge in [-0.3, -0.25) is 4.57 Å². The van der Waals surface area contributed by atoms with Gasteiger partial charge in [-0.05, 0) is 17.7 Å². The molecule has 20 heavy (non-hydrogen) atoms. The standard InChI is InChI=1S/C14H17N3O3/c1-16(14(18)17-7-6-15-10-17)9-11-4-5-12(19-2)13(8-11)20-3/h4-8,10H,9H2,1-3H3. The second kappa shape index (κ2) is 6.10. The zero-order chi connectivity index (χ0) is 14.5. The lowest BCUT2D eigenvalue weighted by molar-refractivity contribution is 0.208. The summed E-state index contributed by atoms with van der Waals surface area (Å²) in [7, 11) is 4.91. The van der Waals surface area contributed by atoms with E-state index in [-0.39, 0.29) is 6.03 Å². The number of amides is 1. The molecule has 1 aromatic carbocycles. The molecule has 0 fully saturated rings. The van der Waals surface area contributed by atoms with Gasteiger partial charge in [-0.15, -0.1) is 0 Å². The first-order valence-corrected chi connectivity index (χ1v) is 6.10. The predicted molar refractivity (Wildman–Crippen MR) is 74.0 cm³/mol. The van der Waals surface area contributed by atoms with E-state index in [4.69, 9.17) is 9.47 Å². The van der Waals surface area contributed by atoms with Crippen LogP contribution in [0.2, 0.25) is 0 Å². The minimum atomic E-state index is -0.141. The lowest BCUT2D eigenvalue weighted by atomic mass is 10.2. The summed E-state index contributed by atoms with van der Waals surface area (Å²) in [4.78, 5) is 17.5. The average molecular weight is 275 g/mol. The molecule has 1 amide bonds. The van der Waals surface area contributed by atoms with Crippen molar-refractivity contribution in [2.75, 3.05) is 21.3 Å². The lowest BCUT2D eigenvalue weighted by Gasteiger charge is -2.18. The van der Waals surface area contributed by atoms with Crippen LogP contribution in [0.25, 0.3) is 0 Å². The number of imidazole rings is 1. The molecule has 0 aliphatic heterocycles. The van der Waals surface area contributed by atoms with E-state index in [0.717, 1.165) is 5.56 Å². The zero-order valence-corrected chi connectivity index (χ0v) is 11.7. The first-order chi connectivity index (χ1) is 9.65. The number of carbonyl (C=O) groups is 1. The van der Waals surface area contributed by atoms with Gasteiger partial charge in [0.05, 0.1) is 14.2 Å². The van der Waals surface area contributed by atoms with Crippen molar-refractivity contribution in [3.63, 3.8) is 0 Å². The third kappa shape index (κ3) is 2.90. The summed E-state index contributed by atoms with van der Waals surface area (Å²) >= 11 is 0. The molecule has 0 spiro atoms. The topological polar surface area (TPSA) is 56.6 Å². The first-order valence-electron chi connectivity index (χ1n) is 6.10. The molecule has 6 nitrogen and oxygen atoms in total. The Bertz CT molecular complexity index is 581. The largest absolute Gasteiger partial charge is 0.493 e. The van der Waals surface area contributed by atoms with Gasteiger partial charge in [-0.25, -0.2) is 9.78 Å². The molecule has 0 aliphatic carbocycles. The van der Waals surface area contributed by atoms with E-state index in [9.17, 15) is 4.79 Å². The zero-order valence-electron chi connectivity index (χ0n) is 11.7. The number of rotatable bonds is 4. The molecule has 0 atom stereocenters. The van der Waals surface area contributed by atoms with Crippen LogP contribution in [-0.4, -0.2) is 41.7 Å². The highest BCUT2D eigenvalue weighted by Gasteiger charge is 2.12. The molecular weight excluding hydrogens is 258 g/mol. The Kier molecular flexibility index (Phi) is 4.24. The van der Waals surface area contributed by atoms with Gasteiger partial charge in [0.2, 0.25) is 0 Å². The normalized spacial score (nSPS) is 10.2. The van der Waals surface area contributed by atoms with Crippen LogP contribution < -0.4 is 9.47 Å². The van der Waals surface area contributed by atoms with Crippen LogP contribution in [0, 0.1) is 0 Å². The Morgan fingerprint density at radius 1 is 1.30 bits per heavy atom. The number of carbonyl (C=O) groups excluding carboxylic acids is 1. The fourth-order valence-electron chi connectivity index (χ4n) is 1.89. The number of ether oxygens (including phenoxy) is 2. The SMILES string of the molecule is COc1ccc(CN(C)C(=O)n2ccnc2)cc1OC. The molecule has 6 heteroatoms. The maximum absolute atomic E-state index is 12.1. The van der Waals surface area contributed by atoms with Gasteiger partial charge in [0.1, 0.15) is 6.33 Å². The molecule has 0 N–H and O–H groups in total. The van der Waals surface area contributed by atoms with Crippen molar-refractivity contribution in [3.8, 4) is 11.5 Å². The average Bonchev–Trinajstić information content (AvgIpc) is 3.00. The summed E-state index contributed by atoms with van der Waals surface area (Å²) in [5.74, 6) is 1.31. The Balaban J connectivity index is 2.11. The Labute approximate surface area is 117 Å². The third-order valence-electron chi connectivity index (χ3n) is 2.92. The molecule has 0 saturated carbocycles. The van der Waals surface area contributed by atoms with E-state index in [2.05, 4.69) is 4.98 Å². The minimum Gasteiger partial charge on any atom is -0.493 e. The summed E-state index contributed by atoms with van der Waals surface area (Å²) in [6.07, 6.45) is 4.67. The van der Waals surface area contributed by atoms with Crippen molar-refractivity contribution >= 4 is 6.03 Å². The molecule has 106 valence electrons. The summed E-state index contributed by atoms with van der Waals surface area (Å²) in [6.45, 7) is 0.470. The van der Waals surface area contributed by atoms with Gasteiger partial charge in [0, 0.05) is 26.0 Å². The highest BCUT2D eigenvalue weighted by Crippen LogP contribution is 2.27. The van der Waals surface area contributed by atoms with Crippen LogP contribution in [0.1, 0.15) is 5.56 Å². The smallest absolute Gasteiger partial charge is 0.329 e. The molecule has 0 aliphatic rings. The second-order valence-corrected chi connectivity index (χ2v) is 4.30. The fourth-order valence-corrected chi connectivity index (χ4v) is 1.89. The van der Waals surface area contributed by atoms with Crippen LogP contribution in [0.3, 0.4) is 0 Å². The van der Waals surface area contributed by atoms with E-state index in [1.54, 1.807) is 38.6 Å². The van der Waals surface area contributed by atoms with Crippen LogP contribution in [0.4, 0.5) is 4.79 Å². The van der Waals surface area contributed by atoms with Gasteiger partial charge < -0.3 is 14.4 Å². The summed E-state index contributed by atoms with van der Waals surface area (Å²) < 4.78 is 11.9. The number of methoxy groups -OCH3 is 2. The summed E-state index contributed by atoms with van der Waals surface area (Å²) in [6, 6.07) is 5.44. The molecule has 2 aromatic rings. The van der Waals surface area contributed by atoms with Crippen LogP contribution in [0.15, 0.2) is 36.9 Å². The van der Waals surface area contributed by atoms with E-state index < -0.39 is 0 Å². The van der Waals surface area contributed by atoms with Gasteiger partial charge in [-0.1, -0.05) is 6.07 Å². The Hall–Kier alpha value is -2.50. The van der Waals surface area contributed by atoms with E-state index in [1.165, 1.54) is 10.9 Å². The number of nitrogens with zero attached hydrogens (tertiary/aromatic N) is 3. The number of hydrogen-bond donors (Lipinski definition) is 0. The van der Waals surface area contributed by atoms with Gasteiger partial charge in [0.25, 0.3) is 0 Å². The van der Waals surface area contributed by atoms with E-state index in [0.29, 0.717) is 18.0 Å². The van der Waals surface area contributed by atoms with Crippen molar-refractivity contribution in [1.82, 2.24) is 14.5 Å². The maximum Gasteiger partial charge on any atom is 0.329 e. The summed E-state index contributed by atoms with van der Waals surface area (Å²) in [5.41, 5.74) is 0.957. The Morgan fingerprint density at radius 2 is 2.05 bits per heavy atom. The number of benzene rings is 1. The van der Waals surface area contributed by atoms with Gasteiger partial charge in [0.15, 0.2) is 11.5 Å². The predicted octanol–water partition coefficient (Wildman–Crippen LogP) is 2.00. The van der Waals surface area contributed by atoms with E-state index >= 15 is 0 Å². The van der Waals surface area contributed by atoms with Crippen molar-refractivity contribution < 1.29 is 14.3 Å². The lowest BCUT2D eigenvalue weighted by Crippen LogP contribution is -2.29. The van der Waals surface area contributed by atoms with Crippen molar-refractivity contribution in [3.05, 3.63) is 42.5 Å². The van der Waals surface area contributed by atoms with Crippen LogP contribution in [-0.2, 0) is 6.54 Å². The second-order valence-electron chi connectivity index (χ2n) is 4.30. The molecule has 0 radical (unpaired) electrons. The van der Waals surface area contributed by atoms with E-state index in [1.807, 2.05) is 18.2 Å². The van der Waals surface area contributed by atoms with Crippen molar-refractivity contribution in [2.24, 2.45) is 0 Å². The summed E-state index contributed by atoms with van der Waals surface area (Å²) in [5, 5.41) is 0. The molecular formula is C14H17N3O3. The first kappa shape index (κ1) is 13.9. The monoisotopic (exact) mass is 275 g/mol. The molecule has 0 bridgehead atoms. The molecule has 0 saturated heterocycles. The molecule has 1 heterocycles. The molecule has 1 aromatic heterocycles. The van der Waals surface area contributed by atoms with Crippen LogP contribution in [0.5, 0.6) is 11.5 Å². The van der Waals surface area contributed by atoms with Crippen molar-refractivity contribution in [2.45, 2.75) is 6.54 Å². The van der Waals surface area contributed by atoms with Crippen molar-refractivity contribution in [1.29, 1.82) is 0 Å². The molecule has 0 unspecified atom stereocenters. The Morgan fingerprint density at radius 3 is 2.65 bits per heavy atom. The van der Waals surface area contributed by atoms with Gasteiger partial charge >= 0.3 is 6.03 Å². The minimum absolute atomic E-state index is 0.141. The maximum atomic E-state index is 12.1. The van der Waals surface area contributed by atoms with Gasteiger partial charge in [-0.2, -0.15) is 0 Å². The fraction of sp³-hybridized carbons (Fsp3) is 0.286. The third-order valence-corrected chi connectivity index (χ3v) is 2.92. The molecule has 2 rings (SSSR count). The highest BCUT2D eigenvalue weighted by atomic mass is 16.5. The quantitative estimate of drug-likeness (QED) is 0.856. The number of aromatic nitrogens is 2. The number of hydrogen-bond acceptors (Lipinski definition) is 4.